The lowest BCUT2D eigenvalue weighted by molar-refractivity contribution is 0.587. The van der Waals surface area contributed by atoms with Crippen LogP contribution in [-0.4, -0.2) is 13.1 Å². The van der Waals surface area contributed by atoms with Crippen LogP contribution in [0, 0.1) is 18.2 Å². The highest BCUT2D eigenvalue weighted by molar-refractivity contribution is 6.90. The lowest BCUT2D eigenvalue weighted by atomic mass is 9.77. The fourth-order valence-corrected chi connectivity index (χ4v) is 8.47. The molecule has 0 saturated carbocycles. The van der Waals surface area contributed by atoms with Gasteiger partial charge in [-0.15, -0.1) is 0 Å². The van der Waals surface area contributed by atoms with Crippen molar-refractivity contribution in [3.63, 3.8) is 0 Å². The molecule has 0 aliphatic rings. The zero-order valence-electron chi connectivity index (χ0n) is 33.0. The zero-order chi connectivity index (χ0) is 37.2. The molecule has 4 heteroatoms. The highest BCUT2D eigenvalue weighted by atomic mass is 28.3. The summed E-state index contributed by atoms with van der Waals surface area (Å²) >= 11 is 0. The maximum atomic E-state index is 10.5. The van der Waals surface area contributed by atoms with Gasteiger partial charge in [-0.25, -0.2) is 0 Å². The number of rotatable bonds is 6. The van der Waals surface area contributed by atoms with Crippen LogP contribution in [0.3, 0.4) is 0 Å². The van der Waals surface area contributed by atoms with Crippen molar-refractivity contribution >= 4 is 35.2 Å². The van der Waals surface area contributed by atoms with Crippen molar-refractivity contribution in [3.8, 4) is 39.6 Å². The number of nitriles is 1. The molecule has 6 rings (SSSR count). The Kier molecular flexibility index (Phi) is 7.54. The van der Waals surface area contributed by atoms with E-state index in [1.807, 2.05) is 42.5 Å². The molecule has 0 amide bonds. The lowest BCUT2D eigenvalue weighted by Gasteiger charge is -2.28. The largest absolute Gasteiger partial charge is 0.454 e. The van der Waals surface area contributed by atoms with Crippen molar-refractivity contribution in [2.24, 2.45) is 0 Å². The topological polar surface area (TPSA) is 49.8 Å². The molecular weight excluding hydrogens is 601 g/mol. The Balaban J connectivity index is 1.72. The Morgan fingerprint density at radius 2 is 1.46 bits per heavy atom. The molecule has 6 aromatic rings. The fraction of sp³-hybridized carbons (Fsp3) is 0.318. The van der Waals surface area contributed by atoms with Crippen molar-refractivity contribution in [2.45, 2.75) is 92.2 Å². The number of pyridine rings is 1. The normalized spacial score (nSPS) is 13.6. The first kappa shape index (κ1) is 29.7. The minimum Gasteiger partial charge on any atom is -0.454 e. The van der Waals surface area contributed by atoms with Gasteiger partial charge in [0.15, 0.2) is 5.58 Å². The first-order chi connectivity index (χ1) is 23.8. The molecule has 244 valence electrons. The van der Waals surface area contributed by atoms with E-state index in [4.69, 9.17) is 13.5 Å². The second kappa shape index (κ2) is 12.2. The summed E-state index contributed by atoms with van der Waals surface area (Å²) in [4.78, 5) is 4.85. The van der Waals surface area contributed by atoms with Gasteiger partial charge in [0.2, 0.25) is 0 Å². The van der Waals surface area contributed by atoms with Gasteiger partial charge >= 0.3 is 0 Å². The molecule has 0 N–H and O–H groups in total. The number of fused-ring (bicyclic) bond motifs is 3. The Labute approximate surface area is 291 Å². The maximum Gasteiger partial charge on any atom is 0.153 e. The van der Waals surface area contributed by atoms with Gasteiger partial charge in [-0.2, -0.15) is 5.26 Å². The molecule has 2 heterocycles. The predicted molar refractivity (Wildman–Crippen MR) is 207 cm³/mol. The maximum absolute atomic E-state index is 10.5. The fourth-order valence-electron chi connectivity index (χ4n) is 6.89. The van der Waals surface area contributed by atoms with E-state index < -0.39 is 14.9 Å². The van der Waals surface area contributed by atoms with E-state index >= 15 is 0 Å². The molecule has 0 unspecified atom stereocenters. The minimum atomic E-state index is -2.38. The van der Waals surface area contributed by atoms with E-state index in [2.05, 4.69) is 105 Å². The average molecular weight is 652 g/mol. The molecule has 4 aromatic carbocycles. The Bertz CT molecular complexity index is 2300. The van der Waals surface area contributed by atoms with Crippen molar-refractivity contribution in [3.05, 3.63) is 107 Å². The van der Waals surface area contributed by atoms with E-state index in [0.29, 0.717) is 28.0 Å². The quantitative estimate of drug-likeness (QED) is 0.168. The van der Waals surface area contributed by atoms with Crippen molar-refractivity contribution in [1.29, 1.82) is 5.26 Å². The number of furan rings is 1. The zero-order valence-corrected chi connectivity index (χ0v) is 31.0. The van der Waals surface area contributed by atoms with Crippen LogP contribution in [-0.2, 0) is 5.41 Å². The lowest BCUT2D eigenvalue weighted by Crippen LogP contribution is -2.37. The predicted octanol–water partition coefficient (Wildman–Crippen LogP) is 12.3. The second-order valence-electron chi connectivity index (χ2n) is 15.8. The Morgan fingerprint density at radius 1 is 0.812 bits per heavy atom. The van der Waals surface area contributed by atoms with Gasteiger partial charge in [-0.1, -0.05) is 123 Å². The van der Waals surface area contributed by atoms with E-state index in [1.54, 1.807) is 6.20 Å². The van der Waals surface area contributed by atoms with Crippen molar-refractivity contribution < 1.29 is 8.53 Å². The summed E-state index contributed by atoms with van der Waals surface area (Å²) in [5.41, 5.74) is 10.2. The summed E-state index contributed by atoms with van der Waals surface area (Å²) in [5, 5.41) is 13.7. The van der Waals surface area contributed by atoms with Gasteiger partial charge in [-0.05, 0) is 86.4 Å². The van der Waals surface area contributed by atoms with Crippen LogP contribution in [0.5, 0.6) is 0 Å². The highest BCUT2D eigenvalue weighted by Gasteiger charge is 2.28. The average Bonchev–Trinajstić information content (AvgIpc) is 3.45. The smallest absolute Gasteiger partial charge is 0.153 e. The van der Waals surface area contributed by atoms with E-state index in [1.165, 1.54) is 10.8 Å². The van der Waals surface area contributed by atoms with Gasteiger partial charge in [0, 0.05) is 32.2 Å². The number of aryl methyl sites for hydroxylation is 1. The van der Waals surface area contributed by atoms with Crippen LogP contribution < -0.4 is 5.19 Å². The molecule has 0 spiro atoms. The highest BCUT2D eigenvalue weighted by Crippen LogP contribution is 2.44. The number of aromatic nitrogens is 1. The molecule has 0 saturated heterocycles. The third kappa shape index (κ3) is 5.79. The van der Waals surface area contributed by atoms with E-state index in [-0.39, 0.29) is 22.8 Å². The number of benzene rings is 4. The molecule has 0 bridgehead atoms. The number of hydrogen-bond donors (Lipinski definition) is 0. The summed E-state index contributed by atoms with van der Waals surface area (Å²) in [6, 6.07) is 27.2. The SMILES string of the molecule is [2H]C([2H])([2H])c1cnc(-c2ccc([Si](C)(C)C)c3c2oc2c(C#N)c(-c4ccccc4)ccc23)cc1-c1c(C(C)C)cc(C(C)(C)C)cc1C(C)C. The third-order valence-corrected chi connectivity index (χ3v) is 11.6. The van der Waals surface area contributed by atoms with Gasteiger partial charge in [-0.3, -0.25) is 4.98 Å². The molecule has 2 aromatic heterocycles. The van der Waals surface area contributed by atoms with Crippen molar-refractivity contribution in [1.82, 2.24) is 4.98 Å². The first-order valence-electron chi connectivity index (χ1n) is 18.5. The third-order valence-electron chi connectivity index (χ3n) is 9.55. The minimum absolute atomic E-state index is 0.0737. The van der Waals surface area contributed by atoms with Gasteiger partial charge < -0.3 is 4.42 Å². The van der Waals surface area contributed by atoms with Gasteiger partial charge in [0.1, 0.15) is 17.2 Å². The second-order valence-corrected chi connectivity index (χ2v) is 20.8. The summed E-state index contributed by atoms with van der Waals surface area (Å²) < 4.78 is 32.7. The molecule has 0 aliphatic carbocycles. The Hall–Kier alpha value is -4.46. The molecule has 48 heavy (non-hydrogen) atoms. The summed E-state index contributed by atoms with van der Waals surface area (Å²) in [5.74, 6) is 0.310. The first-order valence-corrected chi connectivity index (χ1v) is 20.5. The molecular formula is C44H48N2OSi. The van der Waals surface area contributed by atoms with Gasteiger partial charge in [0.05, 0.1) is 13.8 Å². The summed E-state index contributed by atoms with van der Waals surface area (Å²) in [6.07, 6.45) is 1.54. The van der Waals surface area contributed by atoms with Crippen LogP contribution in [0.15, 0.2) is 83.4 Å². The van der Waals surface area contributed by atoms with E-state index in [9.17, 15) is 5.26 Å². The van der Waals surface area contributed by atoms with Crippen LogP contribution in [0.25, 0.3) is 55.4 Å². The summed E-state index contributed by atoms with van der Waals surface area (Å²) in [6.45, 7) is 19.9. The standard InChI is InChI=1S/C44H48N2OSi/c1-26(2)34-21-30(44(6,7)8)22-35(27(3)4)40(34)36-23-38(46-25-28(36)5)32-19-20-39(48(9,10)11)41-33-18-17-31(29-15-13-12-14-16-29)37(24-45)42(33)47-43(32)41/h12-23,25-27H,1-11H3/i5D3. The van der Waals surface area contributed by atoms with E-state index in [0.717, 1.165) is 44.2 Å². The number of nitrogens with zero attached hydrogens (tertiary/aromatic N) is 2. The van der Waals surface area contributed by atoms with Crippen LogP contribution in [0.4, 0.5) is 0 Å². The summed E-state index contributed by atoms with van der Waals surface area (Å²) in [7, 11) is -1.90. The number of hydrogen-bond acceptors (Lipinski definition) is 3. The van der Waals surface area contributed by atoms with Crippen LogP contribution in [0.1, 0.15) is 92.2 Å². The molecule has 0 atom stereocenters. The molecule has 0 fully saturated rings. The molecule has 0 radical (unpaired) electrons. The van der Waals surface area contributed by atoms with Crippen LogP contribution >= 0.6 is 0 Å². The van der Waals surface area contributed by atoms with Gasteiger partial charge in [0.25, 0.3) is 0 Å². The molecule has 3 nitrogen and oxygen atoms in total. The monoisotopic (exact) mass is 651 g/mol. The van der Waals surface area contributed by atoms with Crippen molar-refractivity contribution in [2.75, 3.05) is 0 Å². The molecule has 0 aliphatic heterocycles. The van der Waals surface area contributed by atoms with Crippen LogP contribution in [0.2, 0.25) is 19.6 Å². The Morgan fingerprint density at radius 3 is 2.02 bits per heavy atom.